The molecule has 0 atom stereocenters. The second kappa shape index (κ2) is 7.01. The molecule has 1 aromatic rings. The lowest BCUT2D eigenvalue weighted by Crippen LogP contribution is -2.26. The number of nitrogens with two attached hydrogens (primary N) is 1. The summed E-state index contributed by atoms with van der Waals surface area (Å²) in [6.07, 6.45) is 2.12. The van der Waals surface area contributed by atoms with E-state index in [1.54, 1.807) is 6.07 Å². The summed E-state index contributed by atoms with van der Waals surface area (Å²) in [5.74, 6) is 6.01. The molecule has 0 unspecified atom stereocenters. The van der Waals surface area contributed by atoms with Gasteiger partial charge >= 0.3 is 0 Å². The van der Waals surface area contributed by atoms with Gasteiger partial charge in [0.05, 0.1) is 11.3 Å². The van der Waals surface area contributed by atoms with Crippen LogP contribution < -0.4 is 16.6 Å². The van der Waals surface area contributed by atoms with E-state index in [2.05, 4.69) is 24.6 Å². The van der Waals surface area contributed by atoms with E-state index in [1.807, 2.05) is 19.1 Å². The van der Waals surface area contributed by atoms with Gasteiger partial charge in [-0.1, -0.05) is 19.9 Å². The lowest BCUT2D eigenvalue weighted by Gasteiger charge is -2.11. The highest BCUT2D eigenvalue weighted by Gasteiger charge is 2.10. The molecule has 0 spiro atoms. The van der Waals surface area contributed by atoms with Crippen LogP contribution in [0.5, 0.6) is 0 Å². The Bertz CT molecular complexity index is 402. The maximum atomic E-state index is 12.0. The monoisotopic (exact) mass is 249 g/mol. The van der Waals surface area contributed by atoms with Gasteiger partial charge in [0.25, 0.3) is 5.91 Å². The molecule has 0 saturated carbocycles. The van der Waals surface area contributed by atoms with Crippen LogP contribution in [-0.4, -0.2) is 12.5 Å². The van der Waals surface area contributed by atoms with Crippen molar-refractivity contribution in [1.29, 1.82) is 0 Å². The van der Waals surface area contributed by atoms with Crippen molar-refractivity contribution in [2.24, 2.45) is 11.8 Å². The summed E-state index contributed by atoms with van der Waals surface area (Å²) in [6.45, 7) is 7.02. The number of carbonyl (C=O) groups is 1. The largest absolute Gasteiger partial charge is 0.352 e. The Labute approximate surface area is 109 Å². The smallest absolute Gasteiger partial charge is 0.253 e. The molecule has 0 aliphatic carbocycles. The van der Waals surface area contributed by atoms with Gasteiger partial charge in [-0.05, 0) is 43.4 Å². The van der Waals surface area contributed by atoms with Crippen LogP contribution in [0.1, 0.15) is 42.6 Å². The summed E-state index contributed by atoms with van der Waals surface area (Å²) in [5, 5.41) is 2.91. The van der Waals surface area contributed by atoms with Crippen molar-refractivity contribution in [3.8, 4) is 0 Å². The second-order valence-electron chi connectivity index (χ2n) is 4.99. The van der Waals surface area contributed by atoms with Crippen molar-refractivity contribution in [1.82, 2.24) is 5.32 Å². The number of nitrogens with one attached hydrogen (secondary N) is 2. The fourth-order valence-electron chi connectivity index (χ4n) is 1.78. The van der Waals surface area contributed by atoms with E-state index in [4.69, 9.17) is 5.84 Å². The molecule has 0 fully saturated rings. The summed E-state index contributed by atoms with van der Waals surface area (Å²) in [4.78, 5) is 12.0. The van der Waals surface area contributed by atoms with Crippen LogP contribution in [0.4, 0.5) is 5.69 Å². The van der Waals surface area contributed by atoms with Crippen LogP contribution in [0, 0.1) is 12.8 Å². The molecule has 1 aromatic carbocycles. The lowest BCUT2D eigenvalue weighted by molar-refractivity contribution is 0.0953. The molecule has 0 aliphatic rings. The van der Waals surface area contributed by atoms with Gasteiger partial charge in [-0.3, -0.25) is 10.6 Å². The van der Waals surface area contributed by atoms with E-state index < -0.39 is 0 Å². The van der Waals surface area contributed by atoms with Crippen molar-refractivity contribution >= 4 is 11.6 Å². The Balaban J connectivity index is 2.56. The molecule has 0 bridgehead atoms. The van der Waals surface area contributed by atoms with Crippen LogP contribution >= 0.6 is 0 Å². The summed E-state index contributed by atoms with van der Waals surface area (Å²) < 4.78 is 0. The topological polar surface area (TPSA) is 67.2 Å². The quantitative estimate of drug-likeness (QED) is 0.412. The number of anilines is 1. The van der Waals surface area contributed by atoms with Crippen LogP contribution in [0.2, 0.25) is 0 Å². The summed E-state index contributed by atoms with van der Waals surface area (Å²) in [7, 11) is 0. The van der Waals surface area contributed by atoms with Gasteiger partial charge in [-0.2, -0.15) is 0 Å². The predicted molar refractivity (Wildman–Crippen MR) is 75.4 cm³/mol. The zero-order valence-corrected chi connectivity index (χ0v) is 11.4. The van der Waals surface area contributed by atoms with Gasteiger partial charge in [0.15, 0.2) is 0 Å². The number of hydrogen-bond acceptors (Lipinski definition) is 3. The summed E-state index contributed by atoms with van der Waals surface area (Å²) in [6, 6.07) is 5.56. The van der Waals surface area contributed by atoms with Gasteiger partial charge < -0.3 is 10.7 Å². The van der Waals surface area contributed by atoms with E-state index in [-0.39, 0.29) is 5.91 Å². The van der Waals surface area contributed by atoms with E-state index in [0.29, 0.717) is 23.7 Å². The first-order valence-corrected chi connectivity index (χ1v) is 6.40. The fourth-order valence-corrected chi connectivity index (χ4v) is 1.78. The molecule has 18 heavy (non-hydrogen) atoms. The van der Waals surface area contributed by atoms with Gasteiger partial charge in [0, 0.05) is 6.54 Å². The molecular weight excluding hydrogens is 226 g/mol. The Morgan fingerprint density at radius 1 is 1.39 bits per heavy atom. The van der Waals surface area contributed by atoms with Gasteiger partial charge in [-0.15, -0.1) is 0 Å². The number of hydrazine groups is 1. The molecule has 0 aliphatic heterocycles. The summed E-state index contributed by atoms with van der Waals surface area (Å²) >= 11 is 0. The number of aryl methyl sites for hydroxylation is 1. The van der Waals surface area contributed by atoms with Gasteiger partial charge in [-0.25, -0.2) is 0 Å². The molecule has 4 nitrogen and oxygen atoms in total. The van der Waals surface area contributed by atoms with Crippen LogP contribution in [0.25, 0.3) is 0 Å². The third-order valence-corrected chi connectivity index (χ3v) is 2.82. The number of carbonyl (C=O) groups excluding carboxylic acids is 1. The predicted octanol–water partition coefficient (Wildman–Crippen LogP) is 2.45. The highest BCUT2D eigenvalue weighted by atomic mass is 16.1. The molecule has 4 heteroatoms. The third kappa shape index (κ3) is 4.37. The first kappa shape index (κ1) is 14.5. The maximum absolute atomic E-state index is 12.0. The van der Waals surface area contributed by atoms with Gasteiger partial charge in [0.2, 0.25) is 0 Å². The third-order valence-electron chi connectivity index (χ3n) is 2.82. The minimum Gasteiger partial charge on any atom is -0.352 e. The Morgan fingerprint density at radius 2 is 2.11 bits per heavy atom. The molecule has 4 N–H and O–H groups in total. The van der Waals surface area contributed by atoms with Crippen molar-refractivity contribution < 1.29 is 4.79 Å². The SMILES string of the molecule is Cc1ccc(C(=O)NCCCC(C)C)c(NN)c1. The minimum atomic E-state index is -0.0771. The molecule has 0 saturated heterocycles. The second-order valence-corrected chi connectivity index (χ2v) is 4.99. The van der Waals surface area contributed by atoms with Crippen LogP contribution in [0.15, 0.2) is 18.2 Å². The van der Waals surface area contributed by atoms with E-state index >= 15 is 0 Å². The molecule has 1 rings (SSSR count). The van der Waals surface area contributed by atoms with Crippen molar-refractivity contribution in [3.05, 3.63) is 29.3 Å². The normalized spacial score (nSPS) is 10.5. The Morgan fingerprint density at radius 3 is 2.72 bits per heavy atom. The number of hydrogen-bond donors (Lipinski definition) is 3. The number of benzene rings is 1. The maximum Gasteiger partial charge on any atom is 0.253 e. The van der Waals surface area contributed by atoms with Crippen molar-refractivity contribution in [2.45, 2.75) is 33.6 Å². The molecule has 0 aromatic heterocycles. The van der Waals surface area contributed by atoms with Crippen molar-refractivity contribution in [3.63, 3.8) is 0 Å². The molecule has 100 valence electrons. The zero-order valence-electron chi connectivity index (χ0n) is 11.4. The molecule has 0 radical (unpaired) electrons. The minimum absolute atomic E-state index is 0.0771. The van der Waals surface area contributed by atoms with E-state index in [0.717, 1.165) is 18.4 Å². The van der Waals surface area contributed by atoms with E-state index in [1.165, 1.54) is 0 Å². The zero-order chi connectivity index (χ0) is 13.5. The lowest BCUT2D eigenvalue weighted by atomic mass is 10.1. The van der Waals surface area contributed by atoms with Crippen LogP contribution in [0.3, 0.4) is 0 Å². The number of rotatable bonds is 6. The Hall–Kier alpha value is -1.55. The standard InChI is InChI=1S/C14H23N3O/c1-10(2)5-4-8-16-14(18)12-7-6-11(3)9-13(12)17-15/h6-7,9-10,17H,4-5,8,15H2,1-3H3,(H,16,18). The average molecular weight is 249 g/mol. The Kier molecular flexibility index (Phi) is 5.65. The number of nitrogen functional groups attached to an aromatic ring is 1. The molecular formula is C14H23N3O. The number of amides is 1. The first-order chi connectivity index (χ1) is 8.54. The average Bonchev–Trinajstić information content (AvgIpc) is 2.33. The van der Waals surface area contributed by atoms with Crippen LogP contribution in [-0.2, 0) is 0 Å². The summed E-state index contributed by atoms with van der Waals surface area (Å²) in [5.41, 5.74) is 4.89. The highest BCUT2D eigenvalue weighted by Crippen LogP contribution is 2.16. The van der Waals surface area contributed by atoms with Crippen molar-refractivity contribution in [2.75, 3.05) is 12.0 Å². The highest BCUT2D eigenvalue weighted by molar-refractivity contribution is 5.99. The first-order valence-electron chi connectivity index (χ1n) is 6.40. The van der Waals surface area contributed by atoms with Gasteiger partial charge in [0.1, 0.15) is 0 Å². The van der Waals surface area contributed by atoms with E-state index in [9.17, 15) is 4.79 Å². The molecule has 1 amide bonds. The molecule has 0 heterocycles. The fraction of sp³-hybridized carbons (Fsp3) is 0.500.